The molecule has 0 N–H and O–H groups in total. The molecule has 2 heteroatoms. The standard InChI is InChI=1S/C16H25NO/c1-3-4-5-6-7-8-9-13-16(18)15-12-10-11-14(2)17-15/h10-12H,3-9,13H2,1-2H3. The molecule has 1 heterocycles. The summed E-state index contributed by atoms with van der Waals surface area (Å²) in [6.45, 7) is 4.15. The van der Waals surface area contributed by atoms with Gasteiger partial charge >= 0.3 is 0 Å². The van der Waals surface area contributed by atoms with Crippen LogP contribution in [-0.4, -0.2) is 10.8 Å². The number of carbonyl (C=O) groups excluding carboxylic acids is 1. The highest BCUT2D eigenvalue weighted by atomic mass is 16.1. The first kappa shape index (κ1) is 14.9. The third-order valence-corrected chi connectivity index (χ3v) is 3.18. The number of aromatic nitrogens is 1. The molecule has 0 aliphatic carbocycles. The Kier molecular flexibility index (Phi) is 7.31. The van der Waals surface area contributed by atoms with E-state index in [1.165, 1.54) is 38.5 Å². The number of rotatable bonds is 9. The number of nitrogens with zero attached hydrogens (tertiary/aromatic N) is 1. The molecule has 0 aromatic carbocycles. The SMILES string of the molecule is CCCCCCCCCC(=O)c1cccc(C)n1. The van der Waals surface area contributed by atoms with Crippen LogP contribution in [0.5, 0.6) is 0 Å². The lowest BCUT2D eigenvalue weighted by molar-refractivity contribution is 0.0974. The van der Waals surface area contributed by atoms with Gasteiger partial charge in [0.05, 0.1) is 0 Å². The summed E-state index contributed by atoms with van der Waals surface area (Å²) in [5.41, 5.74) is 1.54. The monoisotopic (exact) mass is 247 g/mol. The molecule has 0 atom stereocenters. The fraction of sp³-hybridized carbons (Fsp3) is 0.625. The molecule has 100 valence electrons. The highest BCUT2D eigenvalue weighted by Gasteiger charge is 2.06. The van der Waals surface area contributed by atoms with E-state index in [1.807, 2.05) is 25.1 Å². The van der Waals surface area contributed by atoms with E-state index < -0.39 is 0 Å². The molecular formula is C16H25NO. The van der Waals surface area contributed by atoms with Gasteiger partial charge in [-0.15, -0.1) is 0 Å². The first-order valence-corrected chi connectivity index (χ1v) is 7.21. The van der Waals surface area contributed by atoms with E-state index in [1.54, 1.807) is 0 Å². The van der Waals surface area contributed by atoms with Crippen LogP contribution in [0.1, 0.15) is 74.5 Å². The Labute approximate surface area is 111 Å². The van der Waals surface area contributed by atoms with E-state index in [4.69, 9.17) is 0 Å². The van der Waals surface area contributed by atoms with Gasteiger partial charge in [0.15, 0.2) is 5.78 Å². The van der Waals surface area contributed by atoms with Gasteiger partial charge in [-0.05, 0) is 25.5 Å². The van der Waals surface area contributed by atoms with Crippen LogP contribution in [0, 0.1) is 6.92 Å². The second-order valence-electron chi connectivity index (χ2n) is 4.96. The maximum atomic E-state index is 11.9. The van der Waals surface area contributed by atoms with E-state index in [-0.39, 0.29) is 5.78 Å². The van der Waals surface area contributed by atoms with Crippen molar-refractivity contribution in [3.05, 3.63) is 29.6 Å². The van der Waals surface area contributed by atoms with Crippen LogP contribution in [0.3, 0.4) is 0 Å². The number of unbranched alkanes of at least 4 members (excludes halogenated alkanes) is 6. The van der Waals surface area contributed by atoms with Crippen molar-refractivity contribution in [3.8, 4) is 0 Å². The zero-order valence-electron chi connectivity index (χ0n) is 11.7. The predicted octanol–water partition coefficient (Wildman–Crippen LogP) is 4.71. The van der Waals surface area contributed by atoms with Gasteiger partial charge in [-0.2, -0.15) is 0 Å². The van der Waals surface area contributed by atoms with Gasteiger partial charge < -0.3 is 0 Å². The fourth-order valence-electron chi connectivity index (χ4n) is 2.07. The highest BCUT2D eigenvalue weighted by molar-refractivity contribution is 5.94. The lowest BCUT2D eigenvalue weighted by atomic mass is 10.1. The summed E-state index contributed by atoms with van der Waals surface area (Å²) in [4.78, 5) is 16.1. The molecule has 0 unspecified atom stereocenters. The molecule has 1 aromatic heterocycles. The smallest absolute Gasteiger partial charge is 0.181 e. The second kappa shape index (κ2) is 8.84. The molecule has 0 saturated carbocycles. The number of pyridine rings is 1. The molecule has 0 spiro atoms. The van der Waals surface area contributed by atoms with Crippen LogP contribution in [0.15, 0.2) is 18.2 Å². The van der Waals surface area contributed by atoms with Crippen LogP contribution < -0.4 is 0 Å². The van der Waals surface area contributed by atoms with Crippen molar-refractivity contribution in [2.24, 2.45) is 0 Å². The molecular weight excluding hydrogens is 222 g/mol. The maximum absolute atomic E-state index is 11.9. The average Bonchev–Trinajstić information content (AvgIpc) is 2.37. The topological polar surface area (TPSA) is 30.0 Å². The minimum absolute atomic E-state index is 0.187. The van der Waals surface area contributed by atoms with E-state index in [2.05, 4.69) is 11.9 Å². The Morgan fingerprint density at radius 3 is 2.39 bits per heavy atom. The van der Waals surface area contributed by atoms with Gasteiger partial charge in [-0.3, -0.25) is 9.78 Å². The largest absolute Gasteiger partial charge is 0.292 e. The van der Waals surface area contributed by atoms with Gasteiger partial charge in [0.1, 0.15) is 5.69 Å². The molecule has 0 bridgehead atoms. The number of aryl methyl sites for hydroxylation is 1. The van der Waals surface area contributed by atoms with Crippen LogP contribution in [0.4, 0.5) is 0 Å². The minimum atomic E-state index is 0.187. The molecule has 2 nitrogen and oxygen atoms in total. The quantitative estimate of drug-likeness (QED) is 0.467. The third kappa shape index (κ3) is 5.95. The molecule has 0 amide bonds. The Balaban J connectivity index is 2.14. The van der Waals surface area contributed by atoms with Crippen molar-refractivity contribution in [2.75, 3.05) is 0 Å². The van der Waals surface area contributed by atoms with E-state index in [9.17, 15) is 4.79 Å². The first-order chi connectivity index (χ1) is 8.74. The van der Waals surface area contributed by atoms with E-state index >= 15 is 0 Å². The first-order valence-electron chi connectivity index (χ1n) is 7.21. The molecule has 0 aliphatic rings. The molecule has 1 rings (SSSR count). The fourth-order valence-corrected chi connectivity index (χ4v) is 2.07. The van der Waals surface area contributed by atoms with Gasteiger partial charge in [0, 0.05) is 12.1 Å². The molecule has 1 aromatic rings. The highest BCUT2D eigenvalue weighted by Crippen LogP contribution is 2.10. The minimum Gasteiger partial charge on any atom is -0.292 e. The Morgan fingerprint density at radius 1 is 1.06 bits per heavy atom. The molecule has 0 saturated heterocycles. The Bertz CT molecular complexity index is 360. The van der Waals surface area contributed by atoms with Crippen LogP contribution in [-0.2, 0) is 0 Å². The second-order valence-corrected chi connectivity index (χ2v) is 4.96. The maximum Gasteiger partial charge on any atom is 0.181 e. The summed E-state index contributed by atoms with van der Waals surface area (Å²) in [7, 11) is 0. The number of carbonyl (C=O) groups is 1. The number of hydrogen-bond donors (Lipinski definition) is 0. The van der Waals surface area contributed by atoms with Crippen molar-refractivity contribution in [1.29, 1.82) is 0 Å². The van der Waals surface area contributed by atoms with Gasteiger partial charge in [-0.25, -0.2) is 0 Å². The number of Topliss-reactive ketones (excluding diaryl/α,β-unsaturated/α-hetero) is 1. The molecule has 0 fully saturated rings. The summed E-state index contributed by atoms with van der Waals surface area (Å²) in [6, 6.07) is 5.64. The van der Waals surface area contributed by atoms with Crippen molar-refractivity contribution in [3.63, 3.8) is 0 Å². The van der Waals surface area contributed by atoms with E-state index in [0.29, 0.717) is 12.1 Å². The summed E-state index contributed by atoms with van der Waals surface area (Å²) >= 11 is 0. The van der Waals surface area contributed by atoms with Crippen molar-refractivity contribution in [2.45, 2.75) is 65.2 Å². The van der Waals surface area contributed by atoms with Gasteiger partial charge in [0.2, 0.25) is 0 Å². The van der Waals surface area contributed by atoms with Gasteiger partial charge in [0.25, 0.3) is 0 Å². The lowest BCUT2D eigenvalue weighted by Crippen LogP contribution is -2.02. The normalized spacial score (nSPS) is 10.6. The zero-order chi connectivity index (χ0) is 13.2. The summed E-state index contributed by atoms with van der Waals surface area (Å²) in [5.74, 6) is 0.187. The summed E-state index contributed by atoms with van der Waals surface area (Å²) in [5, 5.41) is 0. The average molecular weight is 247 g/mol. The Hall–Kier alpha value is -1.18. The van der Waals surface area contributed by atoms with E-state index in [0.717, 1.165) is 12.1 Å². The number of ketones is 1. The predicted molar refractivity (Wildman–Crippen MR) is 75.9 cm³/mol. The van der Waals surface area contributed by atoms with Crippen molar-refractivity contribution >= 4 is 5.78 Å². The molecule has 0 aliphatic heterocycles. The Morgan fingerprint density at radius 2 is 1.72 bits per heavy atom. The number of hydrogen-bond acceptors (Lipinski definition) is 2. The van der Waals surface area contributed by atoms with Crippen molar-refractivity contribution < 1.29 is 4.79 Å². The summed E-state index contributed by atoms with van der Waals surface area (Å²) < 4.78 is 0. The van der Waals surface area contributed by atoms with Crippen molar-refractivity contribution in [1.82, 2.24) is 4.98 Å². The van der Waals surface area contributed by atoms with Gasteiger partial charge in [-0.1, -0.05) is 51.5 Å². The molecule has 0 radical (unpaired) electrons. The molecule has 18 heavy (non-hydrogen) atoms. The van der Waals surface area contributed by atoms with Crippen LogP contribution in [0.25, 0.3) is 0 Å². The summed E-state index contributed by atoms with van der Waals surface area (Å²) in [6.07, 6.45) is 9.35. The van der Waals surface area contributed by atoms with Crippen LogP contribution >= 0.6 is 0 Å². The van der Waals surface area contributed by atoms with Crippen LogP contribution in [0.2, 0.25) is 0 Å². The lowest BCUT2D eigenvalue weighted by Gasteiger charge is -2.02. The zero-order valence-corrected chi connectivity index (χ0v) is 11.7. The third-order valence-electron chi connectivity index (χ3n) is 3.18.